The summed E-state index contributed by atoms with van der Waals surface area (Å²) in [4.78, 5) is 35.3. The number of aromatic nitrogens is 3. The normalized spacial score (nSPS) is 15.5. The minimum atomic E-state index is -3.05. The van der Waals surface area contributed by atoms with Gasteiger partial charge < -0.3 is 15.0 Å². The van der Waals surface area contributed by atoms with E-state index in [1.807, 2.05) is 0 Å². The minimum Gasteiger partial charge on any atom is -0.372 e. The number of ether oxygens (including phenoxy) is 1. The SMILES string of the molecule is C#C[C@@H](Nc1nc(=O)n(C)c2c(CC#N)nc(C3(OC)CCN(C(C)=O)CC3)cc12)c1cccc(C(F)F)c1F. The second kappa shape index (κ2) is 11.4. The number of carbonyl (C=O) groups excluding carboxylic acids is 1. The van der Waals surface area contributed by atoms with E-state index in [9.17, 15) is 28.0 Å². The van der Waals surface area contributed by atoms with Crippen molar-refractivity contribution in [3.8, 4) is 18.4 Å². The second-order valence-corrected chi connectivity index (χ2v) is 9.49. The highest BCUT2D eigenvalue weighted by molar-refractivity contribution is 5.91. The molecule has 40 heavy (non-hydrogen) atoms. The number of carbonyl (C=O) groups is 1. The third-order valence-corrected chi connectivity index (χ3v) is 7.32. The summed E-state index contributed by atoms with van der Waals surface area (Å²) in [6.45, 7) is 2.34. The van der Waals surface area contributed by atoms with Crippen molar-refractivity contribution in [1.29, 1.82) is 5.26 Å². The number of benzene rings is 1. The van der Waals surface area contributed by atoms with Crippen molar-refractivity contribution < 1.29 is 22.7 Å². The number of nitrogens with zero attached hydrogens (tertiary/aromatic N) is 5. The number of alkyl halides is 2. The molecule has 3 heterocycles. The highest BCUT2D eigenvalue weighted by atomic mass is 19.3. The summed E-state index contributed by atoms with van der Waals surface area (Å²) in [5.41, 5.74) is -1.57. The number of aryl methyl sites for hydroxylation is 1. The average molecular weight is 553 g/mol. The van der Waals surface area contributed by atoms with Crippen LogP contribution in [-0.2, 0) is 28.6 Å². The number of terminal acetylenes is 1. The fourth-order valence-electron chi connectivity index (χ4n) is 5.07. The predicted octanol–water partition coefficient (Wildman–Crippen LogP) is 3.74. The molecule has 1 N–H and O–H groups in total. The minimum absolute atomic E-state index is 0.0295. The molecular weight excluding hydrogens is 525 g/mol. The number of likely N-dealkylation sites (tertiary alicyclic amines) is 1. The molecule has 1 amide bonds. The number of halogens is 3. The van der Waals surface area contributed by atoms with E-state index in [0.29, 0.717) is 42.5 Å². The summed E-state index contributed by atoms with van der Waals surface area (Å²) in [6, 6.07) is 5.98. The van der Waals surface area contributed by atoms with Crippen molar-refractivity contribution in [3.63, 3.8) is 0 Å². The monoisotopic (exact) mass is 552 g/mol. The lowest BCUT2D eigenvalue weighted by Gasteiger charge is -2.40. The van der Waals surface area contributed by atoms with E-state index in [-0.39, 0.29) is 29.4 Å². The van der Waals surface area contributed by atoms with Gasteiger partial charge in [-0.05, 0) is 18.9 Å². The Hall–Kier alpha value is -4.42. The molecule has 0 saturated carbocycles. The molecule has 0 bridgehead atoms. The number of nitriles is 1. The molecular formula is C28H27F3N6O3. The van der Waals surface area contributed by atoms with Crippen LogP contribution < -0.4 is 11.0 Å². The lowest BCUT2D eigenvalue weighted by atomic mass is 9.86. The first-order valence-corrected chi connectivity index (χ1v) is 12.4. The van der Waals surface area contributed by atoms with Crippen LogP contribution in [0.2, 0.25) is 0 Å². The van der Waals surface area contributed by atoms with E-state index in [1.54, 1.807) is 11.0 Å². The van der Waals surface area contributed by atoms with Crippen molar-refractivity contribution in [3.05, 3.63) is 63.1 Å². The maximum Gasteiger partial charge on any atom is 0.349 e. The van der Waals surface area contributed by atoms with E-state index in [0.717, 1.165) is 6.07 Å². The third kappa shape index (κ3) is 5.10. The number of methoxy groups -OCH3 is 1. The summed E-state index contributed by atoms with van der Waals surface area (Å²) < 4.78 is 48.9. The molecule has 4 rings (SSSR count). The molecule has 1 fully saturated rings. The quantitative estimate of drug-likeness (QED) is 0.445. The van der Waals surface area contributed by atoms with Gasteiger partial charge in [0.15, 0.2) is 0 Å². The maximum atomic E-state index is 15.0. The molecule has 3 aromatic rings. The Labute approximate surface area is 228 Å². The number of nitrogens with one attached hydrogen (secondary N) is 1. The van der Waals surface area contributed by atoms with Crippen LogP contribution in [-0.4, -0.2) is 45.5 Å². The van der Waals surface area contributed by atoms with Crippen molar-refractivity contribution in [2.75, 3.05) is 25.5 Å². The number of amides is 1. The van der Waals surface area contributed by atoms with Crippen LogP contribution >= 0.6 is 0 Å². The summed E-state index contributed by atoms with van der Waals surface area (Å²) in [6.07, 6.45) is 3.33. The molecule has 1 atom stereocenters. The van der Waals surface area contributed by atoms with Gasteiger partial charge in [-0.1, -0.05) is 24.1 Å². The second-order valence-electron chi connectivity index (χ2n) is 9.49. The largest absolute Gasteiger partial charge is 0.372 e. The molecule has 208 valence electrons. The maximum absolute atomic E-state index is 15.0. The smallest absolute Gasteiger partial charge is 0.349 e. The van der Waals surface area contributed by atoms with Crippen molar-refractivity contribution >= 4 is 22.6 Å². The van der Waals surface area contributed by atoms with E-state index in [4.69, 9.17) is 16.1 Å². The van der Waals surface area contributed by atoms with E-state index in [2.05, 4.69) is 22.3 Å². The standard InChI is InChI=1S/C28H27F3N6O3/c1-5-20(17-7-6-8-18(23(17)29)25(30)31)34-26-19-15-22(28(40-4)10-13-37(14-11-28)16(2)38)33-21(9-12-32)24(19)36(3)27(39)35-26/h1,6-8,15,20,25H,9-11,13-14H2,2-4H3,(H,34,35,39)/t20-/m1/s1. The van der Waals surface area contributed by atoms with E-state index < -0.39 is 35.1 Å². The predicted molar refractivity (Wildman–Crippen MR) is 141 cm³/mol. The van der Waals surface area contributed by atoms with E-state index in [1.165, 1.54) is 37.8 Å². The fraction of sp³-hybridized carbons (Fsp3) is 0.393. The van der Waals surface area contributed by atoms with Crippen LogP contribution in [0, 0.1) is 29.5 Å². The van der Waals surface area contributed by atoms with Gasteiger partial charge in [0.1, 0.15) is 23.3 Å². The molecule has 0 radical (unpaired) electrons. The van der Waals surface area contributed by atoms with Gasteiger partial charge >= 0.3 is 5.69 Å². The first kappa shape index (κ1) is 28.6. The van der Waals surface area contributed by atoms with Gasteiger partial charge in [0, 0.05) is 45.1 Å². The molecule has 1 aliphatic heterocycles. The lowest BCUT2D eigenvalue weighted by molar-refractivity contribution is -0.135. The average Bonchev–Trinajstić information content (AvgIpc) is 2.94. The number of hydrogen-bond donors (Lipinski definition) is 1. The lowest BCUT2D eigenvalue weighted by Crippen LogP contribution is -2.46. The zero-order valence-corrected chi connectivity index (χ0v) is 22.2. The Morgan fingerprint density at radius 2 is 1.95 bits per heavy atom. The van der Waals surface area contributed by atoms with Crippen molar-refractivity contribution in [2.24, 2.45) is 7.05 Å². The van der Waals surface area contributed by atoms with Gasteiger partial charge in [-0.15, -0.1) is 6.42 Å². The number of rotatable bonds is 7. The number of fused-ring (bicyclic) bond motifs is 1. The Kier molecular flexibility index (Phi) is 8.12. The first-order chi connectivity index (χ1) is 19.1. The number of anilines is 1. The van der Waals surface area contributed by atoms with Crippen molar-refractivity contribution in [2.45, 2.75) is 44.3 Å². The molecule has 1 saturated heterocycles. The first-order valence-electron chi connectivity index (χ1n) is 12.4. The van der Waals surface area contributed by atoms with Gasteiger partial charge in [-0.2, -0.15) is 10.2 Å². The number of piperidine rings is 1. The van der Waals surface area contributed by atoms with Gasteiger partial charge in [0.05, 0.1) is 35.0 Å². The third-order valence-electron chi connectivity index (χ3n) is 7.32. The molecule has 2 aromatic heterocycles. The zero-order valence-electron chi connectivity index (χ0n) is 22.2. The van der Waals surface area contributed by atoms with Crippen LogP contribution in [0.25, 0.3) is 10.9 Å². The number of hydrogen-bond acceptors (Lipinski definition) is 7. The highest BCUT2D eigenvalue weighted by Crippen LogP contribution is 2.38. The molecule has 0 spiro atoms. The van der Waals surface area contributed by atoms with Crippen LogP contribution in [0.3, 0.4) is 0 Å². The van der Waals surface area contributed by atoms with Crippen LogP contribution in [0.15, 0.2) is 29.1 Å². The van der Waals surface area contributed by atoms with Gasteiger partial charge in [-0.25, -0.2) is 18.0 Å². The summed E-state index contributed by atoms with van der Waals surface area (Å²) in [7, 11) is 3.01. The van der Waals surface area contributed by atoms with Gasteiger partial charge in [0.25, 0.3) is 6.43 Å². The highest BCUT2D eigenvalue weighted by Gasteiger charge is 2.39. The Balaban J connectivity index is 1.90. The van der Waals surface area contributed by atoms with Crippen LogP contribution in [0.1, 0.15) is 54.7 Å². The molecule has 1 aliphatic rings. The molecule has 0 unspecified atom stereocenters. The summed E-state index contributed by atoms with van der Waals surface area (Å²) in [5.74, 6) is 1.10. The van der Waals surface area contributed by atoms with E-state index >= 15 is 0 Å². The molecule has 12 heteroatoms. The van der Waals surface area contributed by atoms with Gasteiger partial charge in [-0.3, -0.25) is 14.3 Å². The Morgan fingerprint density at radius 1 is 1.27 bits per heavy atom. The summed E-state index contributed by atoms with van der Waals surface area (Å²) >= 11 is 0. The molecule has 0 aliphatic carbocycles. The summed E-state index contributed by atoms with van der Waals surface area (Å²) in [5, 5.41) is 12.8. The fourth-order valence-corrected chi connectivity index (χ4v) is 5.07. The van der Waals surface area contributed by atoms with Crippen LogP contribution in [0.5, 0.6) is 0 Å². The van der Waals surface area contributed by atoms with Crippen LogP contribution in [0.4, 0.5) is 19.0 Å². The van der Waals surface area contributed by atoms with Gasteiger partial charge in [0.2, 0.25) is 5.91 Å². The molecule has 1 aromatic carbocycles. The Bertz CT molecular complexity index is 1600. The molecule has 9 nitrogen and oxygen atoms in total. The topological polar surface area (TPSA) is 113 Å². The zero-order chi connectivity index (χ0) is 29.2. The number of pyridine rings is 1. The van der Waals surface area contributed by atoms with Crippen molar-refractivity contribution in [1.82, 2.24) is 19.4 Å². The Morgan fingerprint density at radius 3 is 2.52 bits per heavy atom.